The van der Waals surface area contributed by atoms with Crippen molar-refractivity contribution in [1.29, 1.82) is 0 Å². The minimum atomic E-state index is -4.57. The predicted octanol–water partition coefficient (Wildman–Crippen LogP) is 10.6. The summed E-state index contributed by atoms with van der Waals surface area (Å²) in [7, 11) is 1.27. The van der Waals surface area contributed by atoms with E-state index in [-0.39, 0.29) is 19.1 Å². The number of carbonyl (C=O) groups excluding carboxylic acids is 1. The van der Waals surface area contributed by atoms with Crippen LogP contribution in [0.4, 0.5) is 0 Å². The first-order valence-corrected chi connectivity index (χ1v) is 22.5. The summed E-state index contributed by atoms with van der Waals surface area (Å²) in [5, 5.41) is 13.7. The van der Waals surface area contributed by atoms with Gasteiger partial charge < -0.3 is 28.8 Å². The zero-order chi connectivity index (χ0) is 37.2. The van der Waals surface area contributed by atoms with Crippen LogP contribution in [0.2, 0.25) is 0 Å². The van der Waals surface area contributed by atoms with E-state index in [1.807, 2.05) is 27.2 Å². The minimum absolute atomic E-state index is 0.00159. The molecule has 0 bridgehead atoms. The molecule has 1 amide bonds. The zero-order valence-corrected chi connectivity index (χ0v) is 34.5. The second-order valence-electron chi connectivity index (χ2n) is 15.7. The lowest BCUT2D eigenvalue weighted by molar-refractivity contribution is -0.870. The average molecular weight is 731 g/mol. The first kappa shape index (κ1) is 49.2. The molecule has 50 heavy (non-hydrogen) atoms. The molecule has 0 rings (SSSR count). The van der Waals surface area contributed by atoms with E-state index in [2.05, 4.69) is 19.2 Å². The van der Waals surface area contributed by atoms with E-state index in [1.54, 1.807) is 6.08 Å². The summed E-state index contributed by atoms with van der Waals surface area (Å²) in [5.74, 6) is -0.202. The fourth-order valence-electron chi connectivity index (χ4n) is 6.09. The van der Waals surface area contributed by atoms with Crippen molar-refractivity contribution in [2.24, 2.45) is 0 Å². The highest BCUT2D eigenvalue weighted by molar-refractivity contribution is 7.45. The van der Waals surface area contributed by atoms with Crippen molar-refractivity contribution in [3.05, 3.63) is 12.2 Å². The number of nitrogens with one attached hydrogen (secondary N) is 1. The standard InChI is InChI=1S/C41H83N2O6P/c1-6-8-10-12-14-16-17-18-19-20-21-22-23-24-25-26-27-28-30-32-34-40(44)39(38-49-50(46,47)48-37-36-43(3,4)5)42-41(45)35-33-31-29-15-13-11-9-7-2/h32,34,39-40,44H,6-31,33,35-38H2,1-5H3,(H-,42,45,46,47)/b34-32+. The number of hydrogen-bond donors (Lipinski definition) is 2. The van der Waals surface area contributed by atoms with E-state index in [9.17, 15) is 19.4 Å². The third-order valence-electron chi connectivity index (χ3n) is 9.50. The highest BCUT2D eigenvalue weighted by Gasteiger charge is 2.23. The summed E-state index contributed by atoms with van der Waals surface area (Å²) in [5.41, 5.74) is 0. The molecule has 9 heteroatoms. The molecular formula is C41H83N2O6P. The number of carbonyl (C=O) groups is 1. The summed E-state index contributed by atoms with van der Waals surface area (Å²) in [6, 6.07) is -0.877. The normalized spacial score (nSPS) is 14.6. The van der Waals surface area contributed by atoms with E-state index in [4.69, 9.17) is 9.05 Å². The van der Waals surface area contributed by atoms with Crippen LogP contribution in [0.5, 0.6) is 0 Å². The lowest BCUT2D eigenvalue weighted by Crippen LogP contribution is -2.45. The Kier molecular flexibility index (Phi) is 33.5. The third kappa shape index (κ3) is 35.6. The van der Waals surface area contributed by atoms with Crippen LogP contribution in [-0.4, -0.2) is 68.5 Å². The van der Waals surface area contributed by atoms with Crippen LogP contribution in [-0.2, 0) is 18.4 Å². The van der Waals surface area contributed by atoms with Gasteiger partial charge in [-0.25, -0.2) is 0 Å². The van der Waals surface area contributed by atoms with Gasteiger partial charge in [-0.05, 0) is 19.3 Å². The van der Waals surface area contributed by atoms with Crippen LogP contribution in [0.15, 0.2) is 12.2 Å². The lowest BCUT2D eigenvalue weighted by Gasteiger charge is -2.29. The van der Waals surface area contributed by atoms with E-state index >= 15 is 0 Å². The SMILES string of the molecule is CCCCCCCCCCCCCCCCCCCC/C=C/C(O)C(COP(=O)([O-])OCC[N+](C)(C)C)NC(=O)CCCCCCCCCC. The van der Waals surface area contributed by atoms with Gasteiger partial charge in [0.1, 0.15) is 13.2 Å². The molecule has 0 aromatic rings. The number of likely N-dealkylation sites (N-methyl/N-ethyl adjacent to an activating group) is 1. The summed E-state index contributed by atoms with van der Waals surface area (Å²) < 4.78 is 23.1. The number of nitrogens with zero attached hydrogens (tertiary/aromatic N) is 1. The van der Waals surface area contributed by atoms with Gasteiger partial charge in [0, 0.05) is 6.42 Å². The van der Waals surface area contributed by atoms with E-state index in [1.165, 1.54) is 135 Å². The molecule has 0 spiro atoms. The van der Waals surface area contributed by atoms with Crippen LogP contribution in [0, 0.1) is 0 Å². The minimum Gasteiger partial charge on any atom is -0.756 e. The monoisotopic (exact) mass is 731 g/mol. The van der Waals surface area contributed by atoms with Gasteiger partial charge in [-0.1, -0.05) is 180 Å². The summed E-state index contributed by atoms with van der Waals surface area (Å²) in [6.45, 7) is 4.61. The topological polar surface area (TPSA) is 108 Å². The molecule has 0 heterocycles. The quantitative estimate of drug-likeness (QED) is 0.0283. The highest BCUT2D eigenvalue weighted by Crippen LogP contribution is 2.38. The first-order chi connectivity index (χ1) is 24.0. The molecule has 298 valence electrons. The van der Waals surface area contributed by atoms with E-state index in [0.717, 1.165) is 38.5 Å². The van der Waals surface area contributed by atoms with Crippen LogP contribution >= 0.6 is 7.82 Å². The van der Waals surface area contributed by atoms with E-state index in [0.29, 0.717) is 17.4 Å². The number of quaternary nitrogens is 1. The van der Waals surface area contributed by atoms with Crippen molar-refractivity contribution >= 4 is 13.7 Å². The van der Waals surface area contributed by atoms with Crippen molar-refractivity contribution in [1.82, 2.24) is 5.32 Å². The maximum absolute atomic E-state index is 12.7. The number of hydrogen-bond acceptors (Lipinski definition) is 6. The van der Waals surface area contributed by atoms with Crippen molar-refractivity contribution in [3.63, 3.8) is 0 Å². The largest absolute Gasteiger partial charge is 0.756 e. The molecule has 2 N–H and O–H groups in total. The van der Waals surface area contributed by atoms with Gasteiger partial charge in [-0.3, -0.25) is 9.36 Å². The van der Waals surface area contributed by atoms with Crippen LogP contribution in [0.25, 0.3) is 0 Å². The Morgan fingerprint density at radius 1 is 0.680 bits per heavy atom. The number of aliphatic hydroxyl groups excluding tert-OH is 1. The van der Waals surface area contributed by atoms with Gasteiger partial charge in [0.25, 0.3) is 7.82 Å². The smallest absolute Gasteiger partial charge is 0.268 e. The Morgan fingerprint density at radius 2 is 1.08 bits per heavy atom. The predicted molar refractivity (Wildman–Crippen MR) is 210 cm³/mol. The number of rotatable bonds is 38. The number of aliphatic hydroxyl groups is 1. The van der Waals surface area contributed by atoms with E-state index < -0.39 is 20.0 Å². The molecule has 0 saturated carbocycles. The number of allylic oxidation sites excluding steroid dienone is 1. The fraction of sp³-hybridized carbons (Fsp3) is 0.927. The first-order valence-electron chi connectivity index (χ1n) is 21.1. The average Bonchev–Trinajstić information content (AvgIpc) is 3.06. The number of phosphoric ester groups is 1. The van der Waals surface area contributed by atoms with Gasteiger partial charge in [-0.2, -0.15) is 0 Å². The molecule has 3 unspecified atom stereocenters. The molecule has 0 aliphatic carbocycles. The molecule has 8 nitrogen and oxygen atoms in total. The molecule has 0 aliphatic heterocycles. The molecule has 0 aromatic carbocycles. The lowest BCUT2D eigenvalue weighted by atomic mass is 10.0. The number of amides is 1. The number of phosphoric acid groups is 1. The van der Waals surface area contributed by atoms with Crippen LogP contribution in [0.1, 0.15) is 194 Å². The van der Waals surface area contributed by atoms with Crippen LogP contribution in [0.3, 0.4) is 0 Å². The second kappa shape index (κ2) is 34.0. The third-order valence-corrected chi connectivity index (χ3v) is 10.5. The summed E-state index contributed by atoms with van der Waals surface area (Å²) in [4.78, 5) is 25.1. The van der Waals surface area contributed by atoms with Gasteiger partial charge >= 0.3 is 0 Å². The molecule has 0 radical (unpaired) electrons. The fourth-order valence-corrected chi connectivity index (χ4v) is 6.82. The Labute approximate surface area is 310 Å². The molecule has 0 fully saturated rings. The number of unbranched alkanes of at least 4 members (excludes halogenated alkanes) is 25. The van der Waals surface area contributed by atoms with Gasteiger partial charge in [0.15, 0.2) is 0 Å². The van der Waals surface area contributed by atoms with Crippen molar-refractivity contribution in [3.8, 4) is 0 Å². The van der Waals surface area contributed by atoms with Gasteiger partial charge in [0.05, 0.1) is 39.9 Å². The summed E-state index contributed by atoms with van der Waals surface area (Å²) in [6.07, 6.45) is 37.0. The second-order valence-corrected chi connectivity index (χ2v) is 17.1. The molecule has 0 aliphatic rings. The molecule has 3 atom stereocenters. The van der Waals surface area contributed by atoms with Gasteiger partial charge in [0.2, 0.25) is 5.91 Å². The van der Waals surface area contributed by atoms with Crippen molar-refractivity contribution in [2.75, 3.05) is 40.9 Å². The molecular weight excluding hydrogens is 647 g/mol. The van der Waals surface area contributed by atoms with Crippen molar-refractivity contribution < 1.29 is 32.9 Å². The maximum Gasteiger partial charge on any atom is 0.268 e. The zero-order valence-electron chi connectivity index (χ0n) is 33.6. The Hall–Kier alpha value is -0.760. The van der Waals surface area contributed by atoms with Gasteiger partial charge in [-0.15, -0.1) is 0 Å². The molecule has 0 aromatic heterocycles. The Bertz CT molecular complexity index is 834. The Balaban J connectivity index is 4.32. The highest BCUT2D eigenvalue weighted by atomic mass is 31.2. The summed E-state index contributed by atoms with van der Waals surface area (Å²) >= 11 is 0. The molecule has 0 saturated heterocycles. The van der Waals surface area contributed by atoms with Crippen LogP contribution < -0.4 is 10.2 Å². The van der Waals surface area contributed by atoms with Crippen molar-refractivity contribution in [2.45, 2.75) is 206 Å². The Morgan fingerprint density at radius 3 is 1.50 bits per heavy atom. The maximum atomic E-state index is 12.7.